The van der Waals surface area contributed by atoms with Crippen molar-refractivity contribution in [2.24, 2.45) is 0 Å². The second-order valence-electron chi connectivity index (χ2n) is 4.49. The van der Waals surface area contributed by atoms with Crippen molar-refractivity contribution in [2.45, 2.75) is 26.1 Å². The smallest absolute Gasteiger partial charge is 0.351 e. The van der Waals surface area contributed by atoms with Gasteiger partial charge in [0.2, 0.25) is 0 Å². The van der Waals surface area contributed by atoms with Gasteiger partial charge in [-0.3, -0.25) is 14.6 Å². The maximum absolute atomic E-state index is 12.3. The fourth-order valence-corrected chi connectivity index (χ4v) is 1.70. The molecule has 0 atom stereocenters. The van der Waals surface area contributed by atoms with E-state index in [0.29, 0.717) is 25.6 Å². The van der Waals surface area contributed by atoms with E-state index in [1.54, 1.807) is 9.78 Å². The number of aromatic amines is 1. The first kappa shape index (κ1) is 15.1. The van der Waals surface area contributed by atoms with E-state index in [9.17, 15) is 18.0 Å². The topological polar surface area (TPSA) is 75.6 Å². The second-order valence-corrected chi connectivity index (χ2v) is 4.49. The van der Waals surface area contributed by atoms with Crippen molar-refractivity contribution in [3.63, 3.8) is 0 Å². The Morgan fingerprint density at radius 3 is 2.81 bits per heavy atom. The van der Waals surface area contributed by atoms with E-state index in [0.717, 1.165) is 5.69 Å². The van der Waals surface area contributed by atoms with Crippen molar-refractivity contribution in [1.29, 1.82) is 0 Å². The number of aromatic nitrogens is 4. The van der Waals surface area contributed by atoms with Gasteiger partial charge in [-0.25, -0.2) is 0 Å². The van der Waals surface area contributed by atoms with Crippen molar-refractivity contribution < 1.29 is 18.0 Å². The van der Waals surface area contributed by atoms with Crippen LogP contribution >= 0.6 is 0 Å². The van der Waals surface area contributed by atoms with Crippen molar-refractivity contribution in [2.75, 3.05) is 6.54 Å². The molecule has 2 N–H and O–H groups in total. The fraction of sp³-hybridized carbons (Fsp3) is 0.417. The van der Waals surface area contributed by atoms with Crippen LogP contribution in [0.3, 0.4) is 0 Å². The highest BCUT2D eigenvalue weighted by Gasteiger charge is 2.33. The maximum atomic E-state index is 12.3. The third-order valence-electron chi connectivity index (χ3n) is 2.74. The standard InChI is InChI=1S/C12H14F3N5O/c1-8-3-6-20(19-8)5-2-4-16-11(21)9-7-10(18-17-9)12(13,14)15/h3,6-7H,2,4-5H2,1H3,(H,16,21)(H,17,18). The molecule has 21 heavy (non-hydrogen) atoms. The Balaban J connectivity index is 1.78. The number of carbonyl (C=O) groups excluding carboxylic acids is 1. The third kappa shape index (κ3) is 4.07. The summed E-state index contributed by atoms with van der Waals surface area (Å²) in [5, 5.41) is 11.8. The van der Waals surface area contributed by atoms with Crippen LogP contribution in [0.5, 0.6) is 0 Å². The molecule has 1 amide bonds. The molecule has 0 radical (unpaired) electrons. The highest BCUT2D eigenvalue weighted by Crippen LogP contribution is 2.27. The van der Waals surface area contributed by atoms with Crippen LogP contribution in [-0.2, 0) is 12.7 Å². The molecule has 114 valence electrons. The Kier molecular flexibility index (Phi) is 4.29. The number of nitrogens with zero attached hydrogens (tertiary/aromatic N) is 3. The van der Waals surface area contributed by atoms with Gasteiger partial charge in [-0.15, -0.1) is 0 Å². The summed E-state index contributed by atoms with van der Waals surface area (Å²) in [7, 11) is 0. The molecule has 9 heteroatoms. The summed E-state index contributed by atoms with van der Waals surface area (Å²) in [6, 6.07) is 2.55. The largest absolute Gasteiger partial charge is 0.432 e. The SMILES string of the molecule is Cc1ccn(CCCNC(=O)c2cc(C(F)(F)F)[nH]n2)n1. The van der Waals surface area contributed by atoms with Crippen LogP contribution in [0.2, 0.25) is 0 Å². The van der Waals surface area contributed by atoms with Gasteiger partial charge < -0.3 is 5.32 Å². The van der Waals surface area contributed by atoms with Gasteiger partial charge in [-0.05, 0) is 19.4 Å². The van der Waals surface area contributed by atoms with Gasteiger partial charge in [0.15, 0.2) is 5.69 Å². The quantitative estimate of drug-likeness (QED) is 0.826. The van der Waals surface area contributed by atoms with Crippen LogP contribution in [0.15, 0.2) is 18.3 Å². The molecular weight excluding hydrogens is 287 g/mol. The molecule has 2 heterocycles. The Hall–Kier alpha value is -2.32. The Morgan fingerprint density at radius 1 is 1.48 bits per heavy atom. The van der Waals surface area contributed by atoms with E-state index < -0.39 is 17.8 Å². The van der Waals surface area contributed by atoms with E-state index in [2.05, 4.69) is 15.5 Å². The average Bonchev–Trinajstić information content (AvgIpc) is 3.02. The highest BCUT2D eigenvalue weighted by molar-refractivity contribution is 5.92. The van der Waals surface area contributed by atoms with Crippen LogP contribution in [0.4, 0.5) is 13.2 Å². The molecule has 0 saturated heterocycles. The number of amides is 1. The molecule has 0 aliphatic rings. The predicted molar refractivity (Wildman–Crippen MR) is 67.5 cm³/mol. The first-order valence-corrected chi connectivity index (χ1v) is 6.27. The number of aryl methyl sites for hydroxylation is 2. The number of halogens is 3. The van der Waals surface area contributed by atoms with E-state index in [4.69, 9.17) is 0 Å². The van der Waals surface area contributed by atoms with Gasteiger partial charge in [0.05, 0.1) is 5.69 Å². The molecule has 2 aromatic rings. The summed E-state index contributed by atoms with van der Waals surface area (Å²) in [6.45, 7) is 2.81. The lowest BCUT2D eigenvalue weighted by Crippen LogP contribution is -2.25. The van der Waals surface area contributed by atoms with Crippen LogP contribution in [0.25, 0.3) is 0 Å². The second kappa shape index (κ2) is 5.98. The summed E-state index contributed by atoms with van der Waals surface area (Å²) in [6.07, 6.45) is -2.10. The minimum Gasteiger partial charge on any atom is -0.351 e. The molecule has 0 aliphatic carbocycles. The van der Waals surface area contributed by atoms with Crippen molar-refractivity contribution in [1.82, 2.24) is 25.3 Å². The number of carbonyl (C=O) groups is 1. The summed E-state index contributed by atoms with van der Waals surface area (Å²) >= 11 is 0. The average molecular weight is 301 g/mol. The molecule has 0 unspecified atom stereocenters. The fourth-order valence-electron chi connectivity index (χ4n) is 1.70. The van der Waals surface area contributed by atoms with Gasteiger partial charge in [0.25, 0.3) is 5.91 Å². The van der Waals surface area contributed by atoms with Crippen molar-refractivity contribution in [3.8, 4) is 0 Å². The molecule has 0 fully saturated rings. The predicted octanol–water partition coefficient (Wildman–Crippen LogP) is 1.75. The monoisotopic (exact) mass is 301 g/mol. The zero-order chi connectivity index (χ0) is 15.5. The van der Waals surface area contributed by atoms with E-state index >= 15 is 0 Å². The Morgan fingerprint density at radius 2 is 2.24 bits per heavy atom. The van der Waals surface area contributed by atoms with Gasteiger partial charge in [0.1, 0.15) is 5.69 Å². The van der Waals surface area contributed by atoms with E-state index in [-0.39, 0.29) is 5.69 Å². The lowest BCUT2D eigenvalue weighted by atomic mass is 10.3. The van der Waals surface area contributed by atoms with Crippen LogP contribution in [0.1, 0.15) is 28.3 Å². The number of rotatable bonds is 5. The van der Waals surface area contributed by atoms with Gasteiger partial charge >= 0.3 is 6.18 Å². The molecule has 2 aromatic heterocycles. The highest BCUT2D eigenvalue weighted by atomic mass is 19.4. The van der Waals surface area contributed by atoms with Gasteiger partial charge in [-0.2, -0.15) is 23.4 Å². The Bertz CT molecular complexity index is 616. The number of hydrogen-bond donors (Lipinski definition) is 2. The molecule has 2 rings (SSSR count). The van der Waals surface area contributed by atoms with Crippen LogP contribution in [0, 0.1) is 6.92 Å². The summed E-state index contributed by atoms with van der Waals surface area (Å²) in [5.74, 6) is -0.640. The first-order chi connectivity index (χ1) is 9.86. The molecular formula is C12H14F3N5O. The summed E-state index contributed by atoms with van der Waals surface area (Å²) in [5.41, 5.74) is -0.424. The maximum Gasteiger partial charge on any atom is 0.432 e. The van der Waals surface area contributed by atoms with Crippen molar-refractivity contribution >= 4 is 5.91 Å². The van der Waals surface area contributed by atoms with Crippen molar-refractivity contribution in [3.05, 3.63) is 35.4 Å². The lowest BCUT2D eigenvalue weighted by Gasteiger charge is -2.03. The normalized spacial score (nSPS) is 11.6. The molecule has 0 aromatic carbocycles. The van der Waals surface area contributed by atoms with Crippen LogP contribution in [-0.4, -0.2) is 32.4 Å². The lowest BCUT2D eigenvalue weighted by molar-refractivity contribution is -0.141. The number of nitrogens with one attached hydrogen (secondary N) is 2. The first-order valence-electron chi connectivity index (χ1n) is 6.27. The summed E-state index contributed by atoms with van der Waals surface area (Å²) < 4.78 is 38.8. The van der Waals surface area contributed by atoms with E-state index in [1.165, 1.54) is 0 Å². The summed E-state index contributed by atoms with van der Waals surface area (Å²) in [4.78, 5) is 11.6. The molecule has 0 spiro atoms. The van der Waals surface area contributed by atoms with E-state index in [1.807, 2.05) is 19.2 Å². The number of H-pyrrole nitrogens is 1. The molecule has 0 aliphatic heterocycles. The minimum atomic E-state index is -4.54. The third-order valence-corrected chi connectivity index (χ3v) is 2.74. The van der Waals surface area contributed by atoms with Gasteiger partial charge in [-0.1, -0.05) is 0 Å². The zero-order valence-electron chi connectivity index (χ0n) is 11.2. The van der Waals surface area contributed by atoms with Gasteiger partial charge in [0, 0.05) is 25.4 Å². The molecule has 0 bridgehead atoms. The Labute approximate surface area is 118 Å². The zero-order valence-corrected chi connectivity index (χ0v) is 11.2. The molecule has 6 nitrogen and oxygen atoms in total. The molecule has 0 saturated carbocycles. The number of alkyl halides is 3. The van der Waals surface area contributed by atoms with Crippen LogP contribution < -0.4 is 5.32 Å². The minimum absolute atomic E-state index is 0.280. The number of hydrogen-bond acceptors (Lipinski definition) is 3.